The number of nitrogens with zero attached hydrogens (tertiary/aromatic N) is 3. The zero-order chi connectivity index (χ0) is 36.5. The van der Waals surface area contributed by atoms with Crippen LogP contribution in [0.15, 0.2) is 133 Å². The van der Waals surface area contributed by atoms with Gasteiger partial charge in [-0.05, 0) is 84.6 Å². The Labute approximate surface area is 407 Å². The third kappa shape index (κ3) is 15.6. The molecular formula is C45H45K2N3O3Si. The van der Waals surface area contributed by atoms with Gasteiger partial charge in [-0.3, -0.25) is 4.79 Å². The van der Waals surface area contributed by atoms with E-state index >= 15 is 0 Å². The number of terminal acetylenes is 1. The molecule has 0 fully saturated rings. The fourth-order valence-corrected chi connectivity index (χ4v) is 5.59. The van der Waals surface area contributed by atoms with Gasteiger partial charge >= 0.3 is 103 Å². The van der Waals surface area contributed by atoms with Gasteiger partial charge in [0, 0.05) is 22.0 Å². The zero-order valence-corrected chi connectivity index (χ0v) is 38.5. The molecule has 0 bridgehead atoms. The number of aromatic nitrogens is 3. The van der Waals surface area contributed by atoms with E-state index in [0.29, 0.717) is 0 Å². The van der Waals surface area contributed by atoms with Gasteiger partial charge in [-0.2, -0.15) is 0 Å². The number of aryl methyl sites for hydroxylation is 1. The van der Waals surface area contributed by atoms with E-state index in [1.54, 1.807) is 6.08 Å². The van der Waals surface area contributed by atoms with Crippen LogP contribution in [0, 0.1) is 23.8 Å². The van der Waals surface area contributed by atoms with Crippen LogP contribution in [-0.4, -0.2) is 28.9 Å². The molecule has 0 spiro atoms. The molecule has 0 aliphatic rings. The summed E-state index contributed by atoms with van der Waals surface area (Å²) in [4.78, 5) is 20.2. The van der Waals surface area contributed by atoms with E-state index in [2.05, 4.69) is 124 Å². The average Bonchev–Trinajstić information content (AvgIpc) is 3.60. The molecule has 0 aliphatic heterocycles. The van der Waals surface area contributed by atoms with Crippen molar-refractivity contribution in [2.45, 2.75) is 40.4 Å². The molecule has 4 aromatic heterocycles. The van der Waals surface area contributed by atoms with Gasteiger partial charge in [0.2, 0.25) is 0 Å². The normalized spacial score (nSPS) is 10.1. The summed E-state index contributed by atoms with van der Waals surface area (Å²) in [6.07, 6.45) is 13.5. The molecule has 0 amide bonds. The summed E-state index contributed by atoms with van der Waals surface area (Å²) in [6.45, 7) is 8.73. The Kier molecular flexibility index (Phi) is 23.6. The van der Waals surface area contributed by atoms with Crippen molar-refractivity contribution in [1.29, 1.82) is 0 Å². The molecule has 7 rings (SSSR count). The second-order valence-electron chi connectivity index (χ2n) is 12.2. The van der Waals surface area contributed by atoms with Gasteiger partial charge in [-0.1, -0.05) is 119 Å². The standard InChI is InChI=1S/C16H17NSi.C14H13N.C13H9N.CH2O3.CH4.2K.H/c1-18(2,3)13-7-6-9-15-12-11-14-8-4-5-10-16(14)17-15;1-2-12-9-10-13-8-7-11-5-3-4-6-14(11)15(12)13;1-2-3-7-12-10-9-11-6-4-5-8-13(11)14-12;2-1-4-3;;;;/h4-6,8-12H,1-3H3;3-10H,2H2,1H3;1,3-10H;1,3H;1H4;;;/q;;;;;2*+1;-1/p-1/b9-6-;;7-3-;;;;;. The predicted octanol–water partition coefficient (Wildman–Crippen LogP) is 3.86. The third-order valence-electron chi connectivity index (χ3n) is 7.38. The van der Waals surface area contributed by atoms with E-state index in [-0.39, 0.29) is 118 Å². The number of benzene rings is 3. The third-order valence-corrected chi connectivity index (χ3v) is 8.27. The van der Waals surface area contributed by atoms with E-state index in [9.17, 15) is 0 Å². The van der Waals surface area contributed by atoms with Crippen LogP contribution in [0.5, 0.6) is 0 Å². The second kappa shape index (κ2) is 26.0. The molecule has 0 saturated carbocycles. The van der Waals surface area contributed by atoms with Crippen LogP contribution in [0.25, 0.3) is 50.4 Å². The molecule has 264 valence electrons. The number of pyridine rings is 3. The van der Waals surface area contributed by atoms with Crippen molar-refractivity contribution in [2.24, 2.45) is 0 Å². The summed E-state index contributed by atoms with van der Waals surface area (Å²) >= 11 is 0. The fourth-order valence-electron chi connectivity index (χ4n) is 5.07. The van der Waals surface area contributed by atoms with Crippen molar-refractivity contribution in [1.82, 2.24) is 14.4 Å². The van der Waals surface area contributed by atoms with Crippen molar-refractivity contribution in [3.63, 3.8) is 0 Å². The van der Waals surface area contributed by atoms with E-state index in [1.165, 1.54) is 27.5 Å². The van der Waals surface area contributed by atoms with Gasteiger partial charge in [0.15, 0.2) is 0 Å². The first-order chi connectivity index (χ1) is 24.8. The summed E-state index contributed by atoms with van der Waals surface area (Å²) in [5.74, 6) is 5.56. The zero-order valence-electron chi connectivity index (χ0n) is 32.3. The monoisotopic (exact) mass is 781 g/mol. The number of para-hydroxylation sites is 3. The molecule has 0 aliphatic carbocycles. The Morgan fingerprint density at radius 2 is 1.22 bits per heavy atom. The molecular weight excluding hydrogens is 737 g/mol. The maximum atomic E-state index is 8.64. The minimum Gasteiger partial charge on any atom is -1.00 e. The minimum absolute atomic E-state index is 0. The van der Waals surface area contributed by atoms with Crippen LogP contribution in [0.3, 0.4) is 0 Å². The molecule has 6 nitrogen and oxygen atoms in total. The number of fused-ring (bicyclic) bond motifs is 5. The molecule has 0 radical (unpaired) electrons. The van der Waals surface area contributed by atoms with E-state index in [1.807, 2.05) is 78.9 Å². The first kappa shape index (κ1) is 49.0. The molecule has 0 saturated heterocycles. The predicted molar refractivity (Wildman–Crippen MR) is 221 cm³/mol. The Balaban J connectivity index is 0.000000736. The van der Waals surface area contributed by atoms with E-state index in [0.717, 1.165) is 34.2 Å². The number of rotatable bonds is 4. The van der Waals surface area contributed by atoms with Gasteiger partial charge < -0.3 is 16.0 Å². The van der Waals surface area contributed by atoms with E-state index < -0.39 is 8.07 Å². The summed E-state index contributed by atoms with van der Waals surface area (Å²) in [5.41, 5.74) is 11.1. The van der Waals surface area contributed by atoms with Gasteiger partial charge in [0.25, 0.3) is 6.47 Å². The number of carbonyl (C=O) groups is 1. The summed E-state index contributed by atoms with van der Waals surface area (Å²) in [6, 6.07) is 41.5. The Morgan fingerprint density at radius 1 is 0.741 bits per heavy atom. The number of allylic oxidation sites excluding steroid dienone is 2. The topological polar surface area (TPSA) is 79.6 Å². The average molecular weight is 782 g/mol. The molecule has 4 heterocycles. The van der Waals surface area contributed by atoms with E-state index in [4.69, 9.17) is 16.5 Å². The summed E-state index contributed by atoms with van der Waals surface area (Å²) in [5, 5.41) is 12.0. The summed E-state index contributed by atoms with van der Waals surface area (Å²) in [7, 11) is -1.27. The minimum atomic E-state index is -1.27. The van der Waals surface area contributed by atoms with Crippen molar-refractivity contribution in [3.8, 4) is 23.8 Å². The quantitative estimate of drug-likeness (QED) is 0.0893. The van der Waals surface area contributed by atoms with Crippen LogP contribution in [-0.2, 0) is 16.1 Å². The molecule has 54 heavy (non-hydrogen) atoms. The van der Waals surface area contributed by atoms with Crippen LogP contribution in [0.4, 0.5) is 0 Å². The van der Waals surface area contributed by atoms with Gasteiger partial charge in [0.05, 0.1) is 27.9 Å². The van der Waals surface area contributed by atoms with Crippen LogP contribution < -0.4 is 108 Å². The molecule has 7 aromatic rings. The van der Waals surface area contributed by atoms with Crippen molar-refractivity contribution < 1.29 is 119 Å². The number of hydrogen-bond acceptors (Lipinski definition) is 5. The Hall–Kier alpha value is -2.98. The largest absolute Gasteiger partial charge is 1.00 e. The van der Waals surface area contributed by atoms with Crippen LogP contribution in [0.2, 0.25) is 19.6 Å². The maximum Gasteiger partial charge on any atom is 1.00 e. The smallest absolute Gasteiger partial charge is 1.00 e. The van der Waals surface area contributed by atoms with Crippen LogP contribution >= 0.6 is 0 Å². The molecule has 0 N–H and O–H groups in total. The fraction of sp³-hybridized carbons (Fsp3) is 0.133. The van der Waals surface area contributed by atoms with Gasteiger partial charge in [-0.25, -0.2) is 9.97 Å². The SMILES string of the molecule is C.C#C/C=C\c1ccc2ccccc2n1.CCc1ccc2ccc3ccccc3n12.C[Si](C)(C)C#C/C=C\c1ccc2ccccc2n1.O=CO[O-].[H-].[K+].[K+]. The van der Waals surface area contributed by atoms with Crippen molar-refractivity contribution >= 4 is 64.9 Å². The molecule has 3 aromatic carbocycles. The maximum absolute atomic E-state index is 8.64. The first-order valence-electron chi connectivity index (χ1n) is 16.5. The number of hydrogen-bond donors (Lipinski definition) is 0. The second-order valence-corrected chi connectivity index (χ2v) is 17.0. The Bertz CT molecular complexity index is 2410. The van der Waals surface area contributed by atoms with Gasteiger partial charge in [-0.15, -0.1) is 12.0 Å². The van der Waals surface area contributed by atoms with Crippen molar-refractivity contribution in [3.05, 3.63) is 151 Å². The first-order valence-corrected chi connectivity index (χ1v) is 20.0. The Morgan fingerprint density at radius 3 is 1.74 bits per heavy atom. The van der Waals surface area contributed by atoms with Gasteiger partial charge in [0.1, 0.15) is 8.07 Å². The van der Waals surface area contributed by atoms with Crippen molar-refractivity contribution in [2.75, 3.05) is 0 Å². The molecule has 0 atom stereocenters. The summed E-state index contributed by atoms with van der Waals surface area (Å²) < 4.78 is 2.34. The molecule has 0 unspecified atom stereocenters. The van der Waals surface area contributed by atoms with Crippen LogP contribution in [0.1, 0.15) is 32.9 Å². The molecule has 9 heteroatoms. The number of carbonyl (C=O) groups excluding carboxylic acids is 1.